The Balaban J connectivity index is 2.60. The molecule has 0 bridgehead atoms. The van der Waals surface area contributed by atoms with Crippen LogP contribution < -0.4 is 5.32 Å². The minimum Gasteiger partial charge on any atom is -0.481 e. The summed E-state index contributed by atoms with van der Waals surface area (Å²) in [6.07, 6.45) is 2.52. The summed E-state index contributed by atoms with van der Waals surface area (Å²) in [5.41, 5.74) is -1.17. The predicted molar refractivity (Wildman–Crippen MR) is 76.5 cm³/mol. The Morgan fingerprint density at radius 3 is 2.40 bits per heavy atom. The molecule has 0 saturated carbocycles. The summed E-state index contributed by atoms with van der Waals surface area (Å²) >= 11 is 0. The number of hydrogen-bond acceptors (Lipinski definition) is 3. The van der Waals surface area contributed by atoms with E-state index in [2.05, 4.69) is 5.32 Å². The number of aliphatic carboxylic acids is 1. The molecule has 1 fully saturated rings. The van der Waals surface area contributed by atoms with Gasteiger partial charge in [0.1, 0.15) is 0 Å². The first kappa shape index (κ1) is 17.0. The summed E-state index contributed by atoms with van der Waals surface area (Å²) in [4.78, 5) is 23.6. The SMILES string of the molecule is CCC(CC)(CC(=O)NC1CCOC(C)(C)C1)C(=O)O. The third-order valence-corrected chi connectivity index (χ3v) is 4.37. The smallest absolute Gasteiger partial charge is 0.310 e. The lowest BCUT2D eigenvalue weighted by Crippen LogP contribution is -2.47. The molecule has 20 heavy (non-hydrogen) atoms. The molecule has 116 valence electrons. The van der Waals surface area contributed by atoms with Crippen LogP contribution in [0.5, 0.6) is 0 Å². The molecule has 0 spiro atoms. The zero-order valence-corrected chi connectivity index (χ0v) is 13.0. The van der Waals surface area contributed by atoms with Crippen LogP contribution in [0, 0.1) is 5.41 Å². The molecule has 1 rings (SSSR count). The minimum absolute atomic E-state index is 0.0487. The van der Waals surface area contributed by atoms with Gasteiger partial charge >= 0.3 is 5.97 Å². The van der Waals surface area contributed by atoms with Crippen molar-refractivity contribution in [2.75, 3.05) is 6.61 Å². The molecular weight excluding hydrogens is 258 g/mol. The van der Waals surface area contributed by atoms with Gasteiger partial charge in [-0.1, -0.05) is 13.8 Å². The van der Waals surface area contributed by atoms with Gasteiger partial charge < -0.3 is 15.2 Å². The van der Waals surface area contributed by atoms with Gasteiger partial charge in [0.2, 0.25) is 5.91 Å². The molecular formula is C15H27NO4. The number of hydrogen-bond donors (Lipinski definition) is 2. The van der Waals surface area contributed by atoms with E-state index in [1.807, 2.05) is 27.7 Å². The van der Waals surface area contributed by atoms with Crippen molar-refractivity contribution in [2.45, 2.75) is 71.4 Å². The highest BCUT2D eigenvalue weighted by atomic mass is 16.5. The van der Waals surface area contributed by atoms with Crippen molar-refractivity contribution in [3.8, 4) is 0 Å². The van der Waals surface area contributed by atoms with Crippen LogP contribution in [-0.2, 0) is 14.3 Å². The summed E-state index contributed by atoms with van der Waals surface area (Å²) in [5.74, 6) is -1.05. The molecule has 1 aliphatic rings. The second kappa shape index (κ2) is 6.57. The molecule has 0 aromatic rings. The van der Waals surface area contributed by atoms with E-state index in [1.165, 1.54) is 0 Å². The number of nitrogens with one attached hydrogen (secondary N) is 1. The van der Waals surface area contributed by atoms with E-state index in [0.29, 0.717) is 19.4 Å². The average Bonchev–Trinajstić information content (AvgIpc) is 2.34. The summed E-state index contributed by atoms with van der Waals surface area (Å²) < 4.78 is 5.61. The molecule has 1 unspecified atom stereocenters. The number of ether oxygens (including phenoxy) is 1. The maximum absolute atomic E-state index is 12.1. The maximum atomic E-state index is 12.1. The number of amides is 1. The van der Waals surface area contributed by atoms with Crippen molar-refractivity contribution < 1.29 is 19.4 Å². The third kappa shape index (κ3) is 4.20. The highest BCUT2D eigenvalue weighted by molar-refractivity contribution is 5.85. The number of carboxylic acid groups (broad SMARTS) is 1. The van der Waals surface area contributed by atoms with Crippen LogP contribution in [0.25, 0.3) is 0 Å². The van der Waals surface area contributed by atoms with E-state index < -0.39 is 11.4 Å². The average molecular weight is 285 g/mol. The van der Waals surface area contributed by atoms with Crippen LogP contribution in [0.15, 0.2) is 0 Å². The van der Waals surface area contributed by atoms with Gasteiger partial charge in [0.25, 0.3) is 0 Å². The minimum atomic E-state index is -0.940. The van der Waals surface area contributed by atoms with E-state index in [1.54, 1.807) is 0 Å². The van der Waals surface area contributed by atoms with E-state index in [4.69, 9.17) is 4.74 Å². The zero-order chi connectivity index (χ0) is 15.4. The van der Waals surface area contributed by atoms with Gasteiger partial charge in [0.05, 0.1) is 11.0 Å². The lowest BCUT2D eigenvalue weighted by Gasteiger charge is -2.36. The van der Waals surface area contributed by atoms with Gasteiger partial charge in [-0.2, -0.15) is 0 Å². The number of rotatable bonds is 6. The molecule has 0 aromatic carbocycles. The van der Waals surface area contributed by atoms with Crippen molar-refractivity contribution in [3.63, 3.8) is 0 Å². The fourth-order valence-electron chi connectivity index (χ4n) is 2.82. The molecule has 5 heteroatoms. The molecule has 1 heterocycles. The summed E-state index contributed by atoms with van der Waals surface area (Å²) in [7, 11) is 0. The normalized spacial score (nSPS) is 22.3. The number of carboxylic acids is 1. The first-order valence-electron chi connectivity index (χ1n) is 7.41. The van der Waals surface area contributed by atoms with Crippen molar-refractivity contribution in [2.24, 2.45) is 5.41 Å². The van der Waals surface area contributed by atoms with Crippen LogP contribution >= 0.6 is 0 Å². The lowest BCUT2D eigenvalue weighted by molar-refractivity contribution is -0.152. The van der Waals surface area contributed by atoms with Crippen molar-refractivity contribution >= 4 is 11.9 Å². The Morgan fingerprint density at radius 1 is 1.35 bits per heavy atom. The zero-order valence-electron chi connectivity index (χ0n) is 13.0. The molecule has 0 aromatic heterocycles. The van der Waals surface area contributed by atoms with E-state index >= 15 is 0 Å². The number of carbonyl (C=O) groups excluding carboxylic acids is 1. The Bertz CT molecular complexity index is 361. The van der Waals surface area contributed by atoms with Crippen LogP contribution in [0.1, 0.15) is 59.8 Å². The summed E-state index contributed by atoms with van der Waals surface area (Å²) in [6, 6.07) is 0.0754. The highest BCUT2D eigenvalue weighted by Gasteiger charge is 2.38. The second-order valence-corrected chi connectivity index (χ2v) is 6.33. The van der Waals surface area contributed by atoms with Gasteiger partial charge in [-0.25, -0.2) is 0 Å². The Labute approximate surface area is 121 Å². The first-order chi connectivity index (χ1) is 9.24. The topological polar surface area (TPSA) is 75.6 Å². The van der Waals surface area contributed by atoms with Crippen molar-refractivity contribution in [3.05, 3.63) is 0 Å². The molecule has 1 atom stereocenters. The largest absolute Gasteiger partial charge is 0.481 e. The predicted octanol–water partition coefficient (Wildman–Crippen LogP) is 2.34. The molecule has 0 radical (unpaired) electrons. The van der Waals surface area contributed by atoms with Gasteiger partial charge in [-0.15, -0.1) is 0 Å². The van der Waals surface area contributed by atoms with Crippen LogP contribution in [-0.4, -0.2) is 35.2 Å². The Kier molecular flexibility index (Phi) is 5.57. The van der Waals surface area contributed by atoms with Gasteiger partial charge in [0, 0.05) is 19.1 Å². The molecule has 1 aliphatic heterocycles. The lowest BCUT2D eigenvalue weighted by atomic mass is 9.79. The van der Waals surface area contributed by atoms with Crippen molar-refractivity contribution in [1.29, 1.82) is 0 Å². The molecule has 2 N–H and O–H groups in total. The van der Waals surface area contributed by atoms with Crippen LogP contribution in [0.2, 0.25) is 0 Å². The van der Waals surface area contributed by atoms with Crippen LogP contribution in [0.4, 0.5) is 0 Å². The third-order valence-electron chi connectivity index (χ3n) is 4.37. The van der Waals surface area contributed by atoms with Gasteiger partial charge in [-0.05, 0) is 39.5 Å². The molecule has 1 saturated heterocycles. The summed E-state index contributed by atoms with van der Waals surface area (Å²) in [6.45, 7) is 8.28. The first-order valence-corrected chi connectivity index (χ1v) is 7.41. The highest BCUT2D eigenvalue weighted by Crippen LogP contribution is 2.31. The standard InChI is InChI=1S/C15H27NO4/c1-5-15(6-2,13(18)19)10-12(17)16-11-7-8-20-14(3,4)9-11/h11H,5-10H2,1-4H3,(H,16,17)(H,18,19). The van der Waals surface area contributed by atoms with E-state index in [9.17, 15) is 14.7 Å². The Morgan fingerprint density at radius 2 is 1.95 bits per heavy atom. The number of carbonyl (C=O) groups is 2. The van der Waals surface area contributed by atoms with E-state index in [-0.39, 0.29) is 24.0 Å². The maximum Gasteiger partial charge on any atom is 0.310 e. The molecule has 5 nitrogen and oxygen atoms in total. The quantitative estimate of drug-likeness (QED) is 0.785. The Hall–Kier alpha value is -1.10. The molecule has 0 aliphatic carbocycles. The van der Waals surface area contributed by atoms with Crippen molar-refractivity contribution in [1.82, 2.24) is 5.32 Å². The molecule has 1 amide bonds. The summed E-state index contributed by atoms with van der Waals surface area (Å²) in [5, 5.41) is 12.3. The van der Waals surface area contributed by atoms with E-state index in [0.717, 1.165) is 12.8 Å². The fourth-order valence-corrected chi connectivity index (χ4v) is 2.82. The monoisotopic (exact) mass is 285 g/mol. The van der Waals surface area contributed by atoms with Gasteiger partial charge in [-0.3, -0.25) is 9.59 Å². The van der Waals surface area contributed by atoms with Gasteiger partial charge in [0.15, 0.2) is 0 Å². The fraction of sp³-hybridized carbons (Fsp3) is 0.867. The van der Waals surface area contributed by atoms with Crippen LogP contribution in [0.3, 0.4) is 0 Å². The second-order valence-electron chi connectivity index (χ2n) is 6.33.